The van der Waals surface area contributed by atoms with Gasteiger partial charge in [-0.3, -0.25) is 5.10 Å². The summed E-state index contributed by atoms with van der Waals surface area (Å²) in [6, 6.07) is 9.77. The number of benzene rings is 1. The predicted molar refractivity (Wildman–Crippen MR) is 138 cm³/mol. The van der Waals surface area contributed by atoms with Gasteiger partial charge in [0, 0.05) is 37.1 Å². The quantitative estimate of drug-likeness (QED) is 0.556. The molecule has 1 unspecified atom stereocenters. The van der Waals surface area contributed by atoms with Crippen molar-refractivity contribution in [2.24, 2.45) is 10.9 Å². The van der Waals surface area contributed by atoms with Gasteiger partial charge in [-0.2, -0.15) is 10.4 Å². The number of aliphatic imine (C=N–C) groups is 1. The number of anilines is 1. The Morgan fingerprint density at radius 3 is 2.69 bits per heavy atom. The Bertz CT molecular complexity index is 1180. The van der Waals surface area contributed by atoms with Crippen LogP contribution in [0.25, 0.3) is 11.3 Å². The summed E-state index contributed by atoms with van der Waals surface area (Å²) < 4.78 is 11.2. The zero-order chi connectivity index (χ0) is 25.7. The first kappa shape index (κ1) is 25.1. The van der Waals surface area contributed by atoms with Gasteiger partial charge in [-0.05, 0) is 63.6 Å². The molecule has 1 amide bonds. The number of nitriles is 1. The van der Waals surface area contributed by atoms with E-state index < -0.39 is 11.6 Å². The summed E-state index contributed by atoms with van der Waals surface area (Å²) in [6.07, 6.45) is 5.78. The second-order valence-corrected chi connectivity index (χ2v) is 10.0. The molecule has 10 heteroatoms. The first-order valence-corrected chi connectivity index (χ1v) is 12.1. The van der Waals surface area contributed by atoms with Crippen LogP contribution in [-0.4, -0.2) is 59.2 Å². The summed E-state index contributed by atoms with van der Waals surface area (Å²) in [5, 5.41) is 22.3. The van der Waals surface area contributed by atoms with Crippen LogP contribution in [0, 0.1) is 17.2 Å². The SMILES string of the molecule is COc1cc(CC2CCN(C(=O)OC(C)(C)C)CC2)ccc1-c1cc(NC2=CNC(C#N)C=N2)n[nH]1. The molecular weight excluding hydrogens is 458 g/mol. The van der Waals surface area contributed by atoms with Gasteiger partial charge in [0.15, 0.2) is 5.82 Å². The fourth-order valence-electron chi connectivity index (χ4n) is 4.26. The lowest BCUT2D eigenvalue weighted by molar-refractivity contribution is 0.0184. The average molecular weight is 492 g/mol. The van der Waals surface area contributed by atoms with Gasteiger partial charge in [0.25, 0.3) is 0 Å². The average Bonchev–Trinajstić information content (AvgIpc) is 3.32. The number of aromatic nitrogens is 2. The maximum Gasteiger partial charge on any atom is 0.410 e. The maximum absolute atomic E-state index is 12.3. The maximum atomic E-state index is 12.3. The molecule has 36 heavy (non-hydrogen) atoms. The van der Waals surface area contributed by atoms with Crippen LogP contribution in [0.1, 0.15) is 39.2 Å². The minimum absolute atomic E-state index is 0.227. The molecule has 1 saturated heterocycles. The van der Waals surface area contributed by atoms with Crippen LogP contribution in [0.5, 0.6) is 5.75 Å². The largest absolute Gasteiger partial charge is 0.496 e. The molecule has 2 aliphatic heterocycles. The number of amides is 1. The molecule has 1 fully saturated rings. The molecule has 4 rings (SSSR count). The molecule has 2 aromatic rings. The Hall–Kier alpha value is -4.00. The second-order valence-electron chi connectivity index (χ2n) is 10.0. The molecule has 10 nitrogen and oxygen atoms in total. The van der Waals surface area contributed by atoms with E-state index in [2.05, 4.69) is 44.0 Å². The van der Waals surface area contributed by atoms with Gasteiger partial charge < -0.3 is 25.0 Å². The van der Waals surface area contributed by atoms with E-state index in [-0.39, 0.29) is 6.09 Å². The fourth-order valence-corrected chi connectivity index (χ4v) is 4.26. The number of carbonyl (C=O) groups is 1. The third-order valence-corrected chi connectivity index (χ3v) is 6.08. The summed E-state index contributed by atoms with van der Waals surface area (Å²) in [6.45, 7) is 7.10. The minimum Gasteiger partial charge on any atom is -0.496 e. The van der Waals surface area contributed by atoms with E-state index >= 15 is 0 Å². The van der Waals surface area contributed by atoms with Crippen LogP contribution in [0.2, 0.25) is 0 Å². The summed E-state index contributed by atoms with van der Waals surface area (Å²) in [5.41, 5.74) is 2.45. The Balaban J connectivity index is 1.35. The van der Waals surface area contributed by atoms with Gasteiger partial charge in [0.05, 0.1) is 18.9 Å². The van der Waals surface area contributed by atoms with Crippen molar-refractivity contribution in [3.63, 3.8) is 0 Å². The number of methoxy groups -OCH3 is 1. The second kappa shape index (κ2) is 10.7. The number of nitrogens with zero attached hydrogens (tertiary/aromatic N) is 4. The first-order valence-electron chi connectivity index (χ1n) is 12.1. The summed E-state index contributed by atoms with van der Waals surface area (Å²) >= 11 is 0. The summed E-state index contributed by atoms with van der Waals surface area (Å²) in [4.78, 5) is 18.4. The number of hydrogen-bond donors (Lipinski definition) is 3. The van der Waals surface area contributed by atoms with Gasteiger partial charge >= 0.3 is 6.09 Å². The Labute approximate surface area is 211 Å². The normalized spacial score (nSPS) is 18.1. The number of piperidine rings is 1. The third-order valence-electron chi connectivity index (χ3n) is 6.08. The topological polar surface area (TPSA) is 128 Å². The van der Waals surface area contributed by atoms with Gasteiger partial charge in [-0.1, -0.05) is 6.07 Å². The van der Waals surface area contributed by atoms with Crippen molar-refractivity contribution in [1.82, 2.24) is 20.4 Å². The number of rotatable bonds is 6. The van der Waals surface area contributed by atoms with Crippen molar-refractivity contribution >= 4 is 18.1 Å². The number of aromatic amines is 1. The number of hydrogen-bond acceptors (Lipinski definition) is 8. The molecule has 1 aromatic heterocycles. The number of H-pyrrole nitrogens is 1. The van der Waals surface area contributed by atoms with E-state index in [1.165, 1.54) is 5.56 Å². The highest BCUT2D eigenvalue weighted by Crippen LogP contribution is 2.33. The molecule has 1 atom stereocenters. The van der Waals surface area contributed by atoms with E-state index in [9.17, 15) is 4.79 Å². The molecule has 2 aliphatic rings. The van der Waals surface area contributed by atoms with E-state index in [0.717, 1.165) is 36.3 Å². The highest BCUT2D eigenvalue weighted by Gasteiger charge is 2.27. The van der Waals surface area contributed by atoms with Crippen LogP contribution in [0.15, 0.2) is 41.3 Å². The third kappa shape index (κ3) is 6.36. The fraction of sp³-hybridized carbons (Fsp3) is 0.462. The molecular formula is C26H33N7O3. The van der Waals surface area contributed by atoms with Crippen LogP contribution in [-0.2, 0) is 11.2 Å². The number of carbonyl (C=O) groups excluding carboxylic acids is 1. The lowest BCUT2D eigenvalue weighted by Crippen LogP contribution is -2.42. The first-order chi connectivity index (χ1) is 17.2. The van der Waals surface area contributed by atoms with Crippen molar-refractivity contribution in [2.75, 3.05) is 25.5 Å². The zero-order valence-electron chi connectivity index (χ0n) is 21.2. The van der Waals surface area contributed by atoms with E-state index in [1.807, 2.05) is 37.8 Å². The highest BCUT2D eigenvalue weighted by molar-refractivity contribution is 5.73. The standard InChI is InChI=1S/C26H33N7O3/c1-26(2,3)36-25(34)33-9-7-17(8-10-33)11-18-5-6-20(22(12-18)35-4)21-13-23(32-31-21)30-24-16-28-19(14-27)15-29-24/h5-6,12-13,15-17,19,28H,7-11H2,1-4H3,(H2,30,31,32). The summed E-state index contributed by atoms with van der Waals surface area (Å²) in [5.74, 6) is 2.44. The monoisotopic (exact) mass is 491 g/mol. The lowest BCUT2D eigenvalue weighted by Gasteiger charge is -2.33. The van der Waals surface area contributed by atoms with Gasteiger partial charge in [-0.15, -0.1) is 0 Å². The van der Waals surface area contributed by atoms with Crippen LogP contribution in [0.4, 0.5) is 10.6 Å². The lowest BCUT2D eigenvalue weighted by atomic mass is 9.89. The van der Waals surface area contributed by atoms with Crippen molar-refractivity contribution < 1.29 is 14.3 Å². The molecule has 1 aromatic carbocycles. The highest BCUT2D eigenvalue weighted by atomic mass is 16.6. The number of ether oxygens (including phenoxy) is 2. The van der Waals surface area contributed by atoms with E-state index in [0.29, 0.717) is 30.6 Å². The van der Waals surface area contributed by atoms with Crippen LogP contribution in [0.3, 0.4) is 0 Å². The smallest absolute Gasteiger partial charge is 0.410 e. The van der Waals surface area contributed by atoms with Gasteiger partial charge in [-0.25, -0.2) is 9.79 Å². The van der Waals surface area contributed by atoms with Gasteiger partial charge in [0.2, 0.25) is 0 Å². The molecule has 0 aliphatic carbocycles. The van der Waals surface area contributed by atoms with Crippen molar-refractivity contribution in [3.05, 3.63) is 41.8 Å². The van der Waals surface area contributed by atoms with E-state index in [4.69, 9.17) is 14.7 Å². The molecule has 0 saturated carbocycles. The van der Waals surface area contributed by atoms with Crippen LogP contribution >= 0.6 is 0 Å². The molecule has 0 spiro atoms. The summed E-state index contributed by atoms with van der Waals surface area (Å²) in [7, 11) is 1.66. The Morgan fingerprint density at radius 2 is 2.06 bits per heavy atom. The predicted octanol–water partition coefficient (Wildman–Crippen LogP) is 4.05. The van der Waals surface area contributed by atoms with Crippen LogP contribution < -0.4 is 15.4 Å². The number of likely N-dealkylation sites (tertiary alicyclic amines) is 1. The molecule has 3 N–H and O–H groups in total. The Morgan fingerprint density at radius 1 is 1.28 bits per heavy atom. The molecule has 0 bridgehead atoms. The number of nitrogens with one attached hydrogen (secondary N) is 3. The van der Waals surface area contributed by atoms with E-state index in [1.54, 1.807) is 19.5 Å². The zero-order valence-corrected chi connectivity index (χ0v) is 21.2. The Kier molecular flexibility index (Phi) is 7.48. The molecule has 0 radical (unpaired) electrons. The van der Waals surface area contributed by atoms with Crippen molar-refractivity contribution in [3.8, 4) is 23.1 Å². The van der Waals surface area contributed by atoms with Crippen molar-refractivity contribution in [1.29, 1.82) is 5.26 Å². The van der Waals surface area contributed by atoms with Crippen molar-refractivity contribution in [2.45, 2.75) is 51.7 Å². The molecule has 3 heterocycles. The minimum atomic E-state index is -0.475. The molecule has 190 valence electrons. The van der Waals surface area contributed by atoms with Gasteiger partial charge in [0.1, 0.15) is 23.2 Å².